The highest BCUT2D eigenvalue weighted by Crippen LogP contribution is 2.10. The van der Waals surface area contributed by atoms with E-state index >= 15 is 0 Å². The molecule has 0 radical (unpaired) electrons. The molecule has 0 atom stereocenters. The molecule has 0 fully saturated rings. The molecule has 3 nitrogen and oxygen atoms in total. The van der Waals surface area contributed by atoms with Gasteiger partial charge in [0, 0.05) is 0 Å². The molecule has 0 unspecified atom stereocenters. The quantitative estimate of drug-likeness (QED) is 0.576. The third-order valence-electron chi connectivity index (χ3n) is 0.861. The third kappa shape index (κ3) is 1.26. The lowest BCUT2D eigenvalue weighted by Gasteiger charge is -1.89. The van der Waals surface area contributed by atoms with E-state index in [4.69, 9.17) is 5.11 Å². The molecule has 0 aliphatic heterocycles. The number of rotatable bonds is 0. The first-order chi connectivity index (χ1) is 4.20. The molecule has 0 amide bonds. The number of aryl methyl sites for hydroxylation is 1. The predicted molar refractivity (Wildman–Crippen MR) is 34.8 cm³/mol. The first-order valence-electron chi connectivity index (χ1n) is 2.36. The molecule has 0 bridgehead atoms. The van der Waals surface area contributed by atoms with Crippen molar-refractivity contribution < 1.29 is 5.11 Å². The minimum atomic E-state index is -0.134. The fourth-order valence-electron chi connectivity index (χ4n) is 0.428. The minimum absolute atomic E-state index is 0.0559. The maximum absolute atomic E-state index is 10.5. The number of aromatic nitrogens is 1. The summed E-state index contributed by atoms with van der Waals surface area (Å²) in [5.41, 5.74) is 0. The molecule has 1 heterocycles. The highest BCUT2D eigenvalue weighted by molar-refractivity contribution is 7.09. The average molecular weight is 143 g/mol. The molecule has 0 saturated heterocycles. The Hall–Kier alpha value is -0.900. The summed E-state index contributed by atoms with van der Waals surface area (Å²) in [6, 6.07) is 0. The van der Waals surface area contributed by atoms with E-state index < -0.39 is 0 Å². The van der Waals surface area contributed by atoms with Crippen LogP contribution in [0.4, 0.5) is 0 Å². The lowest BCUT2D eigenvalue weighted by molar-refractivity contribution is 0.451. The van der Waals surface area contributed by atoms with Gasteiger partial charge in [0.1, 0.15) is 0 Å². The Morgan fingerprint density at radius 2 is 2.44 bits per heavy atom. The maximum Gasteiger partial charge on any atom is 0.251 e. The summed E-state index contributed by atoms with van der Waals surface area (Å²) < 4.78 is -0.134. The second-order valence-electron chi connectivity index (χ2n) is 1.56. The summed E-state index contributed by atoms with van der Waals surface area (Å²) in [4.78, 5) is 14.5. The smallest absolute Gasteiger partial charge is 0.251 e. The van der Waals surface area contributed by atoms with Crippen molar-refractivity contribution >= 4 is 11.3 Å². The van der Waals surface area contributed by atoms with Crippen LogP contribution >= 0.6 is 11.3 Å². The van der Waals surface area contributed by atoms with Crippen LogP contribution in [-0.2, 0) is 0 Å². The van der Waals surface area contributed by atoms with Gasteiger partial charge in [0.2, 0.25) is 5.88 Å². The maximum atomic E-state index is 10.5. The van der Waals surface area contributed by atoms with Gasteiger partial charge in [-0.25, -0.2) is 4.98 Å². The standard InChI is InChI=1S/C5H5NO2S/c1-3-5(8)6-2-4(7)9-3/h2,8H,1H3. The first-order valence-corrected chi connectivity index (χ1v) is 3.17. The van der Waals surface area contributed by atoms with E-state index in [1.807, 2.05) is 0 Å². The number of aromatic hydroxyl groups is 1. The van der Waals surface area contributed by atoms with Gasteiger partial charge in [-0.3, -0.25) is 4.79 Å². The molecule has 4 heteroatoms. The van der Waals surface area contributed by atoms with Crippen LogP contribution < -0.4 is 4.74 Å². The van der Waals surface area contributed by atoms with Gasteiger partial charge in [0.15, 0.2) is 0 Å². The van der Waals surface area contributed by atoms with E-state index in [0.29, 0.717) is 4.88 Å². The highest BCUT2D eigenvalue weighted by atomic mass is 32.1. The summed E-state index contributed by atoms with van der Waals surface area (Å²) in [5, 5.41) is 8.80. The molecule has 1 aromatic rings. The fraction of sp³-hybridized carbons (Fsp3) is 0.200. The second kappa shape index (κ2) is 2.14. The topological polar surface area (TPSA) is 50.2 Å². The average Bonchev–Trinajstić information content (AvgIpc) is 1.80. The van der Waals surface area contributed by atoms with Gasteiger partial charge < -0.3 is 5.11 Å². The molecule has 0 aromatic carbocycles. The summed E-state index contributed by atoms with van der Waals surface area (Å²) >= 11 is 0.991. The van der Waals surface area contributed by atoms with E-state index in [0.717, 1.165) is 17.5 Å². The van der Waals surface area contributed by atoms with Crippen LogP contribution in [-0.4, -0.2) is 10.1 Å². The molecule has 1 aromatic heterocycles. The molecule has 9 heavy (non-hydrogen) atoms. The fourth-order valence-corrected chi connectivity index (χ4v) is 0.979. The Morgan fingerprint density at radius 1 is 1.78 bits per heavy atom. The van der Waals surface area contributed by atoms with E-state index in [1.54, 1.807) is 6.92 Å². The molecule has 48 valence electrons. The first kappa shape index (κ1) is 6.22. The van der Waals surface area contributed by atoms with Crippen molar-refractivity contribution in [2.45, 2.75) is 6.92 Å². The molecular formula is C5H5NO2S. The lowest BCUT2D eigenvalue weighted by atomic mass is 10.6. The molecule has 0 aliphatic rings. The van der Waals surface area contributed by atoms with Crippen molar-refractivity contribution in [3.05, 3.63) is 20.6 Å². The normalized spacial score (nSPS) is 9.44. The van der Waals surface area contributed by atoms with Crippen LogP contribution in [0, 0.1) is 6.92 Å². The van der Waals surface area contributed by atoms with Gasteiger partial charge in [-0.15, -0.1) is 0 Å². The van der Waals surface area contributed by atoms with Crippen LogP contribution in [0.1, 0.15) is 4.88 Å². The number of nitrogens with zero attached hydrogens (tertiary/aromatic N) is 1. The Labute approximate surface area is 55.6 Å². The molecule has 0 saturated carbocycles. The number of hydrogen-bond donors (Lipinski definition) is 1. The summed E-state index contributed by atoms with van der Waals surface area (Å²) in [6.45, 7) is 1.65. The van der Waals surface area contributed by atoms with E-state index in [2.05, 4.69) is 4.98 Å². The number of hydrogen-bond acceptors (Lipinski definition) is 4. The van der Waals surface area contributed by atoms with E-state index in [-0.39, 0.29) is 10.6 Å². The van der Waals surface area contributed by atoms with Gasteiger partial charge in [-0.2, -0.15) is 0 Å². The molecule has 0 aliphatic carbocycles. The van der Waals surface area contributed by atoms with Crippen LogP contribution in [0.5, 0.6) is 5.88 Å². The Balaban J connectivity index is 3.34. The van der Waals surface area contributed by atoms with Gasteiger partial charge in [-0.1, -0.05) is 11.3 Å². The molecular weight excluding hydrogens is 138 g/mol. The van der Waals surface area contributed by atoms with E-state index in [9.17, 15) is 4.79 Å². The zero-order valence-electron chi connectivity index (χ0n) is 4.79. The summed E-state index contributed by atoms with van der Waals surface area (Å²) in [6.07, 6.45) is 1.10. The Morgan fingerprint density at radius 3 is 2.89 bits per heavy atom. The van der Waals surface area contributed by atoms with Crippen LogP contribution in [0.3, 0.4) is 0 Å². The monoisotopic (exact) mass is 143 g/mol. The van der Waals surface area contributed by atoms with Crippen molar-refractivity contribution in [3.8, 4) is 5.88 Å². The third-order valence-corrected chi connectivity index (χ3v) is 1.66. The highest BCUT2D eigenvalue weighted by Gasteiger charge is 1.95. The van der Waals surface area contributed by atoms with Crippen LogP contribution in [0.15, 0.2) is 11.0 Å². The van der Waals surface area contributed by atoms with E-state index in [1.165, 1.54) is 0 Å². The van der Waals surface area contributed by atoms with Crippen LogP contribution in [0.2, 0.25) is 0 Å². The zero-order chi connectivity index (χ0) is 6.85. The zero-order valence-corrected chi connectivity index (χ0v) is 5.60. The molecule has 1 N–H and O–H groups in total. The molecule has 0 spiro atoms. The SMILES string of the molecule is Cc1sc(=O)cnc1O. The van der Waals surface area contributed by atoms with Crippen molar-refractivity contribution in [3.63, 3.8) is 0 Å². The van der Waals surface area contributed by atoms with Gasteiger partial charge >= 0.3 is 0 Å². The second-order valence-corrected chi connectivity index (χ2v) is 2.78. The van der Waals surface area contributed by atoms with Crippen LogP contribution in [0.25, 0.3) is 0 Å². The van der Waals surface area contributed by atoms with Gasteiger partial charge in [0.25, 0.3) is 4.74 Å². The molecule has 1 rings (SSSR count). The summed E-state index contributed by atoms with van der Waals surface area (Å²) in [5.74, 6) is -0.0559. The predicted octanol–water partition coefficient (Wildman–Crippen LogP) is 0.517. The van der Waals surface area contributed by atoms with Gasteiger partial charge in [0.05, 0.1) is 11.1 Å². The summed E-state index contributed by atoms with van der Waals surface area (Å²) in [7, 11) is 0. The largest absolute Gasteiger partial charge is 0.493 e. The van der Waals surface area contributed by atoms with Gasteiger partial charge in [-0.05, 0) is 6.92 Å². The Kier molecular flexibility index (Phi) is 1.48. The lowest BCUT2D eigenvalue weighted by Crippen LogP contribution is -1.93. The minimum Gasteiger partial charge on any atom is -0.493 e. The van der Waals surface area contributed by atoms with Crippen molar-refractivity contribution in [2.24, 2.45) is 0 Å². The van der Waals surface area contributed by atoms with Crippen molar-refractivity contribution in [2.75, 3.05) is 0 Å². The van der Waals surface area contributed by atoms with Crippen molar-refractivity contribution in [1.29, 1.82) is 0 Å². The van der Waals surface area contributed by atoms with Crippen molar-refractivity contribution in [1.82, 2.24) is 4.98 Å². The Bertz CT molecular complexity index is 268.